The van der Waals surface area contributed by atoms with Gasteiger partial charge in [-0.2, -0.15) is 13.1 Å². The van der Waals surface area contributed by atoms with E-state index in [-0.39, 0.29) is 28.1 Å². The van der Waals surface area contributed by atoms with Gasteiger partial charge < -0.3 is 10.1 Å². The van der Waals surface area contributed by atoms with E-state index in [4.69, 9.17) is 11.6 Å². The quantitative estimate of drug-likeness (QED) is 0.839. The summed E-state index contributed by atoms with van der Waals surface area (Å²) in [5, 5.41) is 2.96. The summed E-state index contributed by atoms with van der Waals surface area (Å²) in [6, 6.07) is 3.81. The highest BCUT2D eigenvalue weighted by Gasteiger charge is 2.29. The van der Waals surface area contributed by atoms with Crippen molar-refractivity contribution in [2.24, 2.45) is 0 Å². The number of hydrogen-bond donors (Lipinski definition) is 1. The van der Waals surface area contributed by atoms with E-state index in [0.717, 1.165) is 25.0 Å². The van der Waals surface area contributed by atoms with Gasteiger partial charge in [-0.15, -0.1) is 12.4 Å². The number of piperidine rings is 1. The molecule has 0 saturated carbocycles. The van der Waals surface area contributed by atoms with E-state index in [1.165, 1.54) is 10.4 Å². The molecule has 1 N–H and O–H groups in total. The number of halogens is 4. The number of sulfonamides is 1. The summed E-state index contributed by atoms with van der Waals surface area (Å²) < 4.78 is 55.0. The molecule has 0 spiro atoms. The summed E-state index contributed by atoms with van der Waals surface area (Å²) in [5.41, 5.74) is 0. The van der Waals surface area contributed by atoms with Gasteiger partial charge in [0.25, 0.3) is 0 Å². The van der Waals surface area contributed by atoms with Crippen molar-refractivity contribution in [1.82, 2.24) is 9.62 Å². The van der Waals surface area contributed by atoms with E-state index in [2.05, 4.69) is 10.1 Å². The first-order chi connectivity index (χ1) is 10.3. The number of nitrogens with one attached hydrogen (secondary N) is 1. The van der Waals surface area contributed by atoms with E-state index >= 15 is 0 Å². The van der Waals surface area contributed by atoms with Gasteiger partial charge in [-0.25, -0.2) is 8.42 Å². The molecule has 1 aliphatic heterocycles. The van der Waals surface area contributed by atoms with Crippen molar-refractivity contribution in [1.29, 1.82) is 0 Å². The molecule has 1 aromatic rings. The Balaban J connectivity index is 0.00000264. The van der Waals surface area contributed by atoms with E-state index in [1.807, 2.05) is 7.05 Å². The number of benzene rings is 1. The van der Waals surface area contributed by atoms with Crippen molar-refractivity contribution in [2.45, 2.75) is 30.4 Å². The Bertz CT molecular complexity index is 624. The molecule has 10 heteroatoms. The SMILES string of the molecule is CNC1CCN(S(=O)(=O)c2ccc(OC(F)F)c(Cl)c2)CC1.Cl. The predicted molar refractivity (Wildman–Crippen MR) is 86.2 cm³/mol. The van der Waals surface area contributed by atoms with Crippen LogP contribution in [-0.2, 0) is 10.0 Å². The highest BCUT2D eigenvalue weighted by molar-refractivity contribution is 7.89. The molecule has 23 heavy (non-hydrogen) atoms. The fourth-order valence-corrected chi connectivity index (χ4v) is 4.15. The van der Waals surface area contributed by atoms with Gasteiger partial charge >= 0.3 is 6.61 Å². The lowest BCUT2D eigenvalue weighted by atomic mass is 10.1. The van der Waals surface area contributed by atoms with Gasteiger partial charge in [-0.3, -0.25) is 0 Å². The van der Waals surface area contributed by atoms with Gasteiger partial charge in [0.2, 0.25) is 10.0 Å². The molecule has 5 nitrogen and oxygen atoms in total. The smallest absolute Gasteiger partial charge is 0.387 e. The Morgan fingerprint density at radius 1 is 1.35 bits per heavy atom. The molecule has 0 amide bonds. The van der Waals surface area contributed by atoms with Gasteiger partial charge in [0.15, 0.2) is 0 Å². The molecular weight excluding hydrogens is 373 g/mol. The molecule has 0 atom stereocenters. The van der Waals surface area contributed by atoms with E-state index in [0.29, 0.717) is 19.1 Å². The fourth-order valence-electron chi connectivity index (χ4n) is 2.37. The number of alkyl halides is 2. The largest absolute Gasteiger partial charge is 0.433 e. The molecule has 1 heterocycles. The first-order valence-electron chi connectivity index (χ1n) is 6.76. The summed E-state index contributed by atoms with van der Waals surface area (Å²) in [7, 11) is -1.84. The summed E-state index contributed by atoms with van der Waals surface area (Å²) in [4.78, 5) is -0.0259. The zero-order valence-electron chi connectivity index (χ0n) is 12.3. The molecule has 132 valence electrons. The van der Waals surface area contributed by atoms with Crippen LogP contribution >= 0.6 is 24.0 Å². The number of hydrogen-bond acceptors (Lipinski definition) is 4. The van der Waals surface area contributed by atoms with Crippen LogP contribution in [0.1, 0.15) is 12.8 Å². The van der Waals surface area contributed by atoms with Crippen molar-refractivity contribution >= 4 is 34.0 Å². The van der Waals surface area contributed by atoms with Gasteiger partial charge in [-0.05, 0) is 38.1 Å². The topological polar surface area (TPSA) is 58.6 Å². The first kappa shape index (κ1) is 20.4. The average Bonchev–Trinajstić information content (AvgIpc) is 2.49. The normalized spacial score (nSPS) is 17.1. The van der Waals surface area contributed by atoms with Crippen molar-refractivity contribution in [3.63, 3.8) is 0 Å². The monoisotopic (exact) mass is 390 g/mol. The Labute approximate surface area is 145 Å². The fraction of sp³-hybridized carbons (Fsp3) is 0.538. The third-order valence-corrected chi connectivity index (χ3v) is 5.81. The molecule has 1 aliphatic rings. The van der Waals surface area contributed by atoms with Crippen molar-refractivity contribution in [3.05, 3.63) is 23.2 Å². The minimum atomic E-state index is -3.68. The van der Waals surface area contributed by atoms with Crippen LogP contribution in [0, 0.1) is 0 Å². The molecule has 0 unspecified atom stereocenters. The van der Waals surface area contributed by atoms with Crippen LogP contribution in [-0.4, -0.2) is 45.5 Å². The molecular formula is C13H18Cl2F2N2O3S. The molecule has 1 saturated heterocycles. The van der Waals surface area contributed by atoms with E-state index in [9.17, 15) is 17.2 Å². The number of nitrogens with zero attached hydrogens (tertiary/aromatic N) is 1. The zero-order chi connectivity index (χ0) is 16.3. The van der Waals surface area contributed by atoms with E-state index in [1.54, 1.807) is 0 Å². The summed E-state index contributed by atoms with van der Waals surface area (Å²) >= 11 is 5.81. The van der Waals surface area contributed by atoms with Crippen molar-refractivity contribution < 1.29 is 21.9 Å². The zero-order valence-corrected chi connectivity index (χ0v) is 14.7. The number of ether oxygens (including phenoxy) is 1. The van der Waals surface area contributed by atoms with Crippen LogP contribution in [0.25, 0.3) is 0 Å². The van der Waals surface area contributed by atoms with Crippen LogP contribution < -0.4 is 10.1 Å². The lowest BCUT2D eigenvalue weighted by Crippen LogP contribution is -2.43. The van der Waals surface area contributed by atoms with Crippen LogP contribution in [0.4, 0.5) is 8.78 Å². The van der Waals surface area contributed by atoms with Crippen LogP contribution in [0.3, 0.4) is 0 Å². The summed E-state index contributed by atoms with van der Waals surface area (Å²) in [5.74, 6) is -0.246. The van der Waals surface area contributed by atoms with Gasteiger partial charge in [0, 0.05) is 19.1 Å². The second-order valence-corrected chi connectivity index (χ2v) is 7.28. The second kappa shape index (κ2) is 8.43. The highest BCUT2D eigenvalue weighted by Crippen LogP contribution is 2.30. The first-order valence-corrected chi connectivity index (χ1v) is 8.58. The van der Waals surface area contributed by atoms with Gasteiger partial charge in [0.05, 0.1) is 9.92 Å². The highest BCUT2D eigenvalue weighted by atomic mass is 35.5. The summed E-state index contributed by atoms with van der Waals surface area (Å²) in [6.07, 6.45) is 1.44. The minimum Gasteiger partial charge on any atom is -0.433 e. The number of rotatable bonds is 5. The van der Waals surface area contributed by atoms with Gasteiger partial charge in [0.1, 0.15) is 5.75 Å². The molecule has 0 aromatic heterocycles. The van der Waals surface area contributed by atoms with Crippen molar-refractivity contribution in [3.8, 4) is 5.75 Å². The third kappa shape index (κ3) is 4.90. The average molecular weight is 391 g/mol. The van der Waals surface area contributed by atoms with Crippen LogP contribution in [0.2, 0.25) is 5.02 Å². The maximum absolute atomic E-state index is 12.5. The van der Waals surface area contributed by atoms with Crippen molar-refractivity contribution in [2.75, 3.05) is 20.1 Å². The van der Waals surface area contributed by atoms with Gasteiger partial charge in [-0.1, -0.05) is 11.6 Å². The molecule has 1 fully saturated rings. The second-order valence-electron chi connectivity index (χ2n) is 4.94. The molecule has 0 radical (unpaired) electrons. The summed E-state index contributed by atoms with van der Waals surface area (Å²) in [6.45, 7) is -2.21. The third-order valence-electron chi connectivity index (χ3n) is 3.62. The molecule has 1 aromatic carbocycles. The van der Waals surface area contributed by atoms with Crippen LogP contribution in [0.15, 0.2) is 23.1 Å². The Morgan fingerprint density at radius 2 is 1.96 bits per heavy atom. The van der Waals surface area contributed by atoms with Crippen LogP contribution in [0.5, 0.6) is 5.75 Å². The minimum absolute atomic E-state index is 0. The molecule has 0 aliphatic carbocycles. The Kier molecular flexibility index (Phi) is 7.47. The maximum atomic E-state index is 12.5. The predicted octanol–water partition coefficient (Wildman–Crippen LogP) is 2.74. The lowest BCUT2D eigenvalue weighted by molar-refractivity contribution is -0.0498. The molecule has 0 bridgehead atoms. The lowest BCUT2D eigenvalue weighted by Gasteiger charge is -2.31. The Hall–Kier alpha value is -0.670. The standard InChI is InChI=1S/C13H17ClF2N2O3S.ClH/c1-17-9-4-6-18(7-5-9)22(19,20)10-2-3-12(11(14)8-10)21-13(15)16;/h2-3,8-9,13,17H,4-7H2,1H3;1H. The Morgan fingerprint density at radius 3 is 2.43 bits per heavy atom. The van der Waals surface area contributed by atoms with E-state index < -0.39 is 16.6 Å². The maximum Gasteiger partial charge on any atom is 0.387 e. The molecule has 2 rings (SSSR count).